The van der Waals surface area contributed by atoms with Gasteiger partial charge in [-0.15, -0.1) is 0 Å². The average molecular weight is 323 g/mol. The van der Waals surface area contributed by atoms with Gasteiger partial charge in [-0.3, -0.25) is 19.7 Å². The van der Waals surface area contributed by atoms with Gasteiger partial charge in [0.05, 0.1) is 10.6 Å². The van der Waals surface area contributed by atoms with Crippen molar-refractivity contribution in [3.05, 3.63) is 34.1 Å². The Morgan fingerprint density at radius 1 is 1.35 bits per heavy atom. The highest BCUT2D eigenvalue weighted by Gasteiger charge is 2.31. The largest absolute Gasteiger partial charge is 0.344 e. The first-order valence-corrected chi connectivity index (χ1v) is 7.40. The maximum atomic E-state index is 13.8. The van der Waals surface area contributed by atoms with Crippen LogP contribution in [0.5, 0.6) is 0 Å². The fraction of sp³-hybridized carbons (Fsp3) is 0.467. The molecule has 1 aliphatic carbocycles. The van der Waals surface area contributed by atoms with E-state index < -0.39 is 22.7 Å². The van der Waals surface area contributed by atoms with E-state index in [1.807, 2.05) is 0 Å². The molecule has 124 valence electrons. The van der Waals surface area contributed by atoms with Crippen molar-refractivity contribution in [2.45, 2.75) is 38.6 Å². The van der Waals surface area contributed by atoms with Gasteiger partial charge in [-0.05, 0) is 24.8 Å². The molecule has 0 bridgehead atoms. The lowest BCUT2D eigenvalue weighted by Crippen LogP contribution is -2.47. The zero-order valence-electron chi connectivity index (χ0n) is 12.7. The van der Waals surface area contributed by atoms with Gasteiger partial charge in [0, 0.05) is 19.1 Å². The van der Waals surface area contributed by atoms with Crippen molar-refractivity contribution in [2.24, 2.45) is 5.92 Å². The smallest absolute Gasteiger partial charge is 0.271 e. The number of benzene rings is 1. The number of nitrogens with one attached hydrogen (secondary N) is 2. The van der Waals surface area contributed by atoms with Crippen molar-refractivity contribution in [1.29, 1.82) is 0 Å². The summed E-state index contributed by atoms with van der Waals surface area (Å²) in [5, 5.41) is 15.7. The Hall–Kier alpha value is -2.51. The van der Waals surface area contributed by atoms with Crippen LogP contribution < -0.4 is 10.6 Å². The Labute approximate surface area is 132 Å². The number of nitrogens with zero attached hydrogens (tertiary/aromatic N) is 1. The van der Waals surface area contributed by atoms with Crippen molar-refractivity contribution in [2.75, 3.05) is 5.32 Å². The van der Waals surface area contributed by atoms with E-state index in [0.29, 0.717) is 0 Å². The van der Waals surface area contributed by atoms with Gasteiger partial charge in [0.1, 0.15) is 11.9 Å². The predicted molar refractivity (Wildman–Crippen MR) is 81.2 cm³/mol. The van der Waals surface area contributed by atoms with E-state index in [1.165, 1.54) is 6.92 Å². The van der Waals surface area contributed by atoms with E-state index in [2.05, 4.69) is 10.6 Å². The summed E-state index contributed by atoms with van der Waals surface area (Å²) in [7, 11) is 0. The second kappa shape index (κ2) is 7.17. The molecule has 2 rings (SSSR count). The van der Waals surface area contributed by atoms with Crippen LogP contribution in [0.1, 0.15) is 32.6 Å². The molecule has 1 atom stereocenters. The second-order valence-corrected chi connectivity index (χ2v) is 5.63. The maximum Gasteiger partial charge on any atom is 0.271 e. The number of rotatable bonds is 5. The average Bonchev–Trinajstić information content (AvgIpc) is 3.00. The highest BCUT2D eigenvalue weighted by Crippen LogP contribution is 2.29. The molecule has 1 fully saturated rings. The van der Waals surface area contributed by atoms with Gasteiger partial charge >= 0.3 is 0 Å². The number of anilines is 1. The number of non-ortho nitro benzene ring substituents is 1. The first-order valence-electron chi connectivity index (χ1n) is 7.40. The molecule has 0 aromatic heterocycles. The lowest BCUT2D eigenvalue weighted by Gasteiger charge is -2.23. The molecule has 1 aliphatic rings. The summed E-state index contributed by atoms with van der Waals surface area (Å²) in [6, 6.07) is 2.14. The number of nitro benzene ring substituents is 1. The molecule has 1 saturated carbocycles. The van der Waals surface area contributed by atoms with E-state index in [0.717, 1.165) is 43.9 Å². The standard InChI is InChI=1S/C15H18FN3O4/c1-9(20)17-14(10-4-2-3-5-10)15(21)18-13-8-11(19(22)23)6-7-12(13)16/h6-8,10,14H,2-5H2,1H3,(H,17,20)(H,18,21). The van der Waals surface area contributed by atoms with Gasteiger partial charge in [-0.1, -0.05) is 12.8 Å². The number of amides is 2. The van der Waals surface area contributed by atoms with Crippen LogP contribution in [-0.4, -0.2) is 22.8 Å². The molecule has 1 aromatic rings. The summed E-state index contributed by atoms with van der Waals surface area (Å²) in [5.74, 6) is -1.69. The fourth-order valence-corrected chi connectivity index (χ4v) is 2.84. The van der Waals surface area contributed by atoms with Crippen LogP contribution in [0.15, 0.2) is 18.2 Å². The monoisotopic (exact) mass is 323 g/mol. The third-order valence-corrected chi connectivity index (χ3v) is 3.93. The number of nitro groups is 1. The number of carbonyl (C=O) groups excluding carboxylic acids is 2. The molecule has 0 saturated heterocycles. The summed E-state index contributed by atoms with van der Waals surface area (Å²) < 4.78 is 13.8. The first-order chi connectivity index (χ1) is 10.9. The minimum Gasteiger partial charge on any atom is -0.344 e. The van der Waals surface area contributed by atoms with Crippen molar-refractivity contribution in [3.63, 3.8) is 0 Å². The summed E-state index contributed by atoms with van der Waals surface area (Å²) in [4.78, 5) is 33.8. The Kier molecular flexibility index (Phi) is 5.25. The van der Waals surface area contributed by atoms with E-state index in [4.69, 9.17) is 0 Å². The summed E-state index contributed by atoms with van der Waals surface area (Å²) in [6.45, 7) is 1.31. The summed E-state index contributed by atoms with van der Waals surface area (Å²) in [5.41, 5.74) is -0.587. The molecular formula is C15H18FN3O4. The SMILES string of the molecule is CC(=O)NC(C(=O)Nc1cc([N+](=O)[O-])ccc1F)C1CCCC1. The normalized spacial score (nSPS) is 15.9. The molecule has 1 unspecified atom stereocenters. The van der Waals surface area contributed by atoms with Gasteiger partial charge in [0.2, 0.25) is 11.8 Å². The van der Waals surface area contributed by atoms with Crippen LogP contribution in [0.25, 0.3) is 0 Å². The third-order valence-electron chi connectivity index (χ3n) is 3.93. The lowest BCUT2D eigenvalue weighted by atomic mass is 9.97. The van der Waals surface area contributed by atoms with Crippen molar-refractivity contribution in [1.82, 2.24) is 5.32 Å². The first kappa shape index (κ1) is 16.9. The summed E-state index contributed by atoms with van der Waals surface area (Å²) in [6.07, 6.45) is 3.55. The van der Waals surface area contributed by atoms with Crippen molar-refractivity contribution in [3.8, 4) is 0 Å². The van der Waals surface area contributed by atoms with Crippen molar-refractivity contribution >= 4 is 23.2 Å². The van der Waals surface area contributed by atoms with Crippen LogP contribution in [-0.2, 0) is 9.59 Å². The predicted octanol–water partition coefficient (Wildman–Crippen LogP) is 2.37. The van der Waals surface area contributed by atoms with Gasteiger partial charge in [0.15, 0.2) is 0 Å². The van der Waals surface area contributed by atoms with Crippen molar-refractivity contribution < 1.29 is 18.9 Å². The minimum absolute atomic E-state index is 0.0133. The number of hydrogen-bond acceptors (Lipinski definition) is 4. The van der Waals surface area contributed by atoms with E-state index in [-0.39, 0.29) is 23.2 Å². The Bertz CT molecular complexity index is 629. The second-order valence-electron chi connectivity index (χ2n) is 5.63. The molecule has 0 radical (unpaired) electrons. The molecule has 23 heavy (non-hydrogen) atoms. The quantitative estimate of drug-likeness (QED) is 0.641. The summed E-state index contributed by atoms with van der Waals surface area (Å²) >= 11 is 0. The fourth-order valence-electron chi connectivity index (χ4n) is 2.84. The Balaban J connectivity index is 2.18. The lowest BCUT2D eigenvalue weighted by molar-refractivity contribution is -0.384. The molecule has 8 heteroatoms. The third kappa shape index (κ3) is 4.24. The van der Waals surface area contributed by atoms with Crippen LogP contribution in [0.3, 0.4) is 0 Å². The van der Waals surface area contributed by atoms with Crippen LogP contribution in [0.4, 0.5) is 15.8 Å². The molecule has 1 aromatic carbocycles. The minimum atomic E-state index is -0.770. The zero-order valence-corrected chi connectivity index (χ0v) is 12.7. The number of halogens is 1. The molecular weight excluding hydrogens is 305 g/mol. The van der Waals surface area contributed by atoms with Gasteiger partial charge < -0.3 is 10.6 Å². The molecule has 0 heterocycles. The van der Waals surface area contributed by atoms with E-state index >= 15 is 0 Å². The maximum absolute atomic E-state index is 13.8. The molecule has 2 amide bonds. The Morgan fingerprint density at radius 2 is 2.00 bits per heavy atom. The highest BCUT2D eigenvalue weighted by molar-refractivity contribution is 5.97. The van der Waals surface area contributed by atoms with Crippen LogP contribution >= 0.6 is 0 Å². The zero-order chi connectivity index (χ0) is 17.0. The van der Waals surface area contributed by atoms with Gasteiger partial charge in [-0.2, -0.15) is 0 Å². The molecule has 7 nitrogen and oxygen atoms in total. The topological polar surface area (TPSA) is 101 Å². The van der Waals surface area contributed by atoms with Crippen LogP contribution in [0.2, 0.25) is 0 Å². The highest BCUT2D eigenvalue weighted by atomic mass is 19.1. The number of carbonyl (C=O) groups is 2. The van der Waals surface area contributed by atoms with Crippen LogP contribution in [0, 0.1) is 21.8 Å². The van der Waals surface area contributed by atoms with Gasteiger partial charge in [0.25, 0.3) is 5.69 Å². The van der Waals surface area contributed by atoms with Gasteiger partial charge in [-0.25, -0.2) is 4.39 Å². The number of hydrogen-bond donors (Lipinski definition) is 2. The molecule has 0 aliphatic heterocycles. The van der Waals surface area contributed by atoms with E-state index in [9.17, 15) is 24.1 Å². The van der Waals surface area contributed by atoms with E-state index in [1.54, 1.807) is 0 Å². The Morgan fingerprint density at radius 3 is 2.57 bits per heavy atom. The molecule has 2 N–H and O–H groups in total. The molecule has 0 spiro atoms.